The molecular weight excluding hydrogens is 308 g/mol. The third kappa shape index (κ3) is 2.25. The zero-order chi connectivity index (χ0) is 14.9. The van der Waals surface area contributed by atoms with Crippen molar-refractivity contribution in [2.45, 2.75) is 0 Å². The summed E-state index contributed by atoms with van der Waals surface area (Å²) in [6, 6.07) is 5.09. The summed E-state index contributed by atoms with van der Waals surface area (Å²) in [5.74, 6) is 1.06. The second-order valence-corrected chi connectivity index (χ2v) is 4.68. The number of nitrogens with zero attached hydrogens (tertiary/aromatic N) is 6. The Morgan fingerprint density at radius 3 is 2.91 bits per heavy atom. The minimum absolute atomic E-state index is 0.260. The monoisotopic (exact) mass is 314 g/mol. The van der Waals surface area contributed by atoms with Gasteiger partial charge in [-0.1, -0.05) is 10.4 Å². The molecule has 9 heteroatoms. The van der Waals surface area contributed by atoms with Gasteiger partial charge in [0.1, 0.15) is 0 Å². The highest BCUT2D eigenvalue weighted by Crippen LogP contribution is 2.25. The predicted octanol–water partition coefficient (Wildman–Crippen LogP) is 2.63. The molecule has 8 nitrogen and oxygen atoms in total. The third-order valence-corrected chi connectivity index (χ3v) is 3.08. The Kier molecular flexibility index (Phi) is 2.94. The van der Waals surface area contributed by atoms with E-state index in [2.05, 4.69) is 25.4 Å². The third-order valence-electron chi connectivity index (χ3n) is 2.88. The first-order valence-electron chi connectivity index (χ1n) is 6.21. The number of hydrogen-bond donors (Lipinski definition) is 0. The summed E-state index contributed by atoms with van der Waals surface area (Å²) in [6.45, 7) is 0. The molecule has 4 rings (SSSR count). The van der Waals surface area contributed by atoms with Gasteiger partial charge in [0, 0.05) is 6.20 Å². The molecule has 0 saturated carbocycles. The molecule has 22 heavy (non-hydrogen) atoms. The predicted molar refractivity (Wildman–Crippen MR) is 75.2 cm³/mol. The van der Waals surface area contributed by atoms with Crippen molar-refractivity contribution in [3.8, 4) is 28.7 Å². The molecule has 4 aromatic heterocycles. The van der Waals surface area contributed by atoms with E-state index in [1.165, 1.54) is 0 Å². The van der Waals surface area contributed by atoms with Crippen molar-refractivity contribution in [1.82, 2.24) is 30.1 Å². The molecule has 0 saturated heterocycles. The molecular formula is C13H7ClN6O2. The van der Waals surface area contributed by atoms with E-state index in [0.29, 0.717) is 23.0 Å². The smallest absolute Gasteiger partial charge is 0.259 e. The topological polar surface area (TPSA) is 95.7 Å². The molecule has 0 aliphatic heterocycles. The molecule has 0 amide bonds. The summed E-state index contributed by atoms with van der Waals surface area (Å²) >= 11 is 5.73. The van der Waals surface area contributed by atoms with Crippen LogP contribution in [0.2, 0.25) is 5.22 Å². The Balaban J connectivity index is 1.71. The van der Waals surface area contributed by atoms with Gasteiger partial charge >= 0.3 is 0 Å². The summed E-state index contributed by atoms with van der Waals surface area (Å²) in [4.78, 5) is 8.41. The van der Waals surface area contributed by atoms with Crippen molar-refractivity contribution in [1.29, 1.82) is 0 Å². The highest BCUT2D eigenvalue weighted by atomic mass is 35.5. The normalized spacial score (nSPS) is 11.0. The highest BCUT2D eigenvalue weighted by Gasteiger charge is 2.14. The van der Waals surface area contributed by atoms with Crippen LogP contribution in [0.25, 0.3) is 28.7 Å². The van der Waals surface area contributed by atoms with Gasteiger partial charge in [-0.05, 0) is 29.8 Å². The number of pyridine rings is 1. The summed E-state index contributed by atoms with van der Waals surface area (Å²) in [5.41, 5.74) is 1.39. The van der Waals surface area contributed by atoms with Gasteiger partial charge in [-0.3, -0.25) is 4.98 Å². The van der Waals surface area contributed by atoms with Gasteiger partial charge in [0.25, 0.3) is 5.89 Å². The SMILES string of the molecule is Clc1ccc(-c2noc(-c3cncc(-n4ccnn4)c3)n2)o1. The Morgan fingerprint density at radius 1 is 1.18 bits per heavy atom. The van der Waals surface area contributed by atoms with E-state index in [-0.39, 0.29) is 5.22 Å². The number of rotatable bonds is 3. The molecule has 0 radical (unpaired) electrons. The van der Waals surface area contributed by atoms with Crippen LogP contribution in [0.5, 0.6) is 0 Å². The molecule has 0 atom stereocenters. The van der Waals surface area contributed by atoms with Crippen LogP contribution >= 0.6 is 11.6 Å². The molecule has 0 bridgehead atoms. The van der Waals surface area contributed by atoms with Gasteiger partial charge in [0.15, 0.2) is 11.0 Å². The lowest BCUT2D eigenvalue weighted by Crippen LogP contribution is -1.96. The average molecular weight is 315 g/mol. The molecule has 0 aliphatic rings. The standard InChI is InChI=1S/C13H7ClN6O2/c14-11-2-1-10(21-11)12-17-13(22-18-12)8-5-9(7-15-6-8)20-4-3-16-19-20/h1-7H. The lowest BCUT2D eigenvalue weighted by molar-refractivity contribution is 0.429. The van der Waals surface area contributed by atoms with Gasteiger partial charge in [0.05, 0.1) is 29.8 Å². The molecule has 0 fully saturated rings. The summed E-state index contributed by atoms with van der Waals surface area (Å²) < 4.78 is 12.1. The summed E-state index contributed by atoms with van der Waals surface area (Å²) in [6.07, 6.45) is 6.57. The molecule has 0 spiro atoms. The Morgan fingerprint density at radius 2 is 2.14 bits per heavy atom. The lowest BCUT2D eigenvalue weighted by atomic mass is 10.2. The summed E-state index contributed by atoms with van der Waals surface area (Å²) in [7, 11) is 0. The van der Waals surface area contributed by atoms with E-state index < -0.39 is 0 Å². The zero-order valence-electron chi connectivity index (χ0n) is 10.9. The lowest BCUT2D eigenvalue weighted by Gasteiger charge is -2.00. The Bertz CT molecular complexity index is 914. The molecule has 4 heterocycles. The number of halogens is 1. The van der Waals surface area contributed by atoms with Crippen LogP contribution in [0.4, 0.5) is 0 Å². The first kappa shape index (κ1) is 12.7. The second-order valence-electron chi connectivity index (χ2n) is 4.31. The van der Waals surface area contributed by atoms with E-state index in [1.54, 1.807) is 41.6 Å². The molecule has 0 unspecified atom stereocenters. The van der Waals surface area contributed by atoms with Gasteiger partial charge in [-0.15, -0.1) is 5.10 Å². The largest absolute Gasteiger partial charge is 0.441 e. The van der Waals surface area contributed by atoms with Crippen LogP contribution in [-0.4, -0.2) is 30.1 Å². The fraction of sp³-hybridized carbons (Fsp3) is 0. The van der Waals surface area contributed by atoms with Gasteiger partial charge in [-0.2, -0.15) is 4.98 Å². The summed E-state index contributed by atoms with van der Waals surface area (Å²) in [5, 5.41) is 11.8. The van der Waals surface area contributed by atoms with Crippen LogP contribution < -0.4 is 0 Å². The number of furan rings is 1. The highest BCUT2D eigenvalue weighted by molar-refractivity contribution is 6.28. The quantitative estimate of drug-likeness (QED) is 0.573. The van der Waals surface area contributed by atoms with E-state index in [1.807, 2.05) is 6.07 Å². The van der Waals surface area contributed by atoms with Crippen LogP contribution in [0.3, 0.4) is 0 Å². The van der Waals surface area contributed by atoms with E-state index in [0.717, 1.165) is 5.69 Å². The van der Waals surface area contributed by atoms with Crippen LogP contribution in [-0.2, 0) is 0 Å². The molecule has 0 aromatic carbocycles. The minimum atomic E-state index is 0.260. The van der Waals surface area contributed by atoms with Crippen molar-refractivity contribution in [3.63, 3.8) is 0 Å². The maximum atomic E-state index is 5.73. The second kappa shape index (κ2) is 5.08. The van der Waals surface area contributed by atoms with E-state index in [9.17, 15) is 0 Å². The van der Waals surface area contributed by atoms with Crippen molar-refractivity contribution in [2.24, 2.45) is 0 Å². The maximum absolute atomic E-state index is 5.73. The molecule has 0 aliphatic carbocycles. The van der Waals surface area contributed by atoms with E-state index >= 15 is 0 Å². The van der Waals surface area contributed by atoms with Gasteiger partial charge in [-0.25, -0.2) is 4.68 Å². The molecule has 4 aromatic rings. The van der Waals surface area contributed by atoms with E-state index in [4.69, 9.17) is 20.5 Å². The fourth-order valence-electron chi connectivity index (χ4n) is 1.89. The van der Waals surface area contributed by atoms with Crippen LogP contribution in [0.15, 0.2) is 51.9 Å². The zero-order valence-corrected chi connectivity index (χ0v) is 11.7. The fourth-order valence-corrected chi connectivity index (χ4v) is 2.04. The first-order valence-corrected chi connectivity index (χ1v) is 6.59. The molecule has 0 N–H and O–H groups in total. The van der Waals surface area contributed by atoms with Gasteiger partial charge < -0.3 is 8.94 Å². The average Bonchev–Trinajstić information content (AvgIpc) is 3.28. The minimum Gasteiger partial charge on any atom is -0.441 e. The number of aromatic nitrogens is 6. The Labute approximate surface area is 128 Å². The Hall–Kier alpha value is -3.00. The van der Waals surface area contributed by atoms with Crippen molar-refractivity contribution in [3.05, 3.63) is 48.2 Å². The van der Waals surface area contributed by atoms with Crippen molar-refractivity contribution < 1.29 is 8.94 Å². The first-order chi connectivity index (χ1) is 10.8. The molecule has 108 valence electrons. The number of hydrogen-bond acceptors (Lipinski definition) is 7. The van der Waals surface area contributed by atoms with Crippen molar-refractivity contribution >= 4 is 11.6 Å². The maximum Gasteiger partial charge on any atom is 0.259 e. The van der Waals surface area contributed by atoms with Crippen LogP contribution in [0.1, 0.15) is 0 Å². The van der Waals surface area contributed by atoms with Gasteiger partial charge in [0.2, 0.25) is 5.82 Å². The van der Waals surface area contributed by atoms with Crippen molar-refractivity contribution in [2.75, 3.05) is 0 Å². The van der Waals surface area contributed by atoms with Crippen LogP contribution in [0, 0.1) is 0 Å².